The summed E-state index contributed by atoms with van der Waals surface area (Å²) in [5.41, 5.74) is 4.76. The molecule has 1 aliphatic rings. The summed E-state index contributed by atoms with van der Waals surface area (Å²) >= 11 is 1.46. The first-order valence-corrected chi connectivity index (χ1v) is 11.6. The van der Waals surface area contributed by atoms with Gasteiger partial charge in [-0.2, -0.15) is 5.10 Å². The summed E-state index contributed by atoms with van der Waals surface area (Å²) in [4.78, 5) is 21.4. The molecular weight excluding hydrogens is 450 g/mol. The predicted molar refractivity (Wildman–Crippen MR) is 132 cm³/mol. The number of aromatic hydroxyl groups is 1. The molecule has 5 rings (SSSR count). The number of aromatic nitrogens is 2. The molecule has 1 amide bonds. The number of rotatable bonds is 5. The normalized spacial score (nSPS) is 13.9. The van der Waals surface area contributed by atoms with Crippen molar-refractivity contribution in [2.45, 2.75) is 13.3 Å². The van der Waals surface area contributed by atoms with Crippen LogP contribution in [0.4, 0.5) is 11.4 Å². The Labute approximate surface area is 199 Å². The van der Waals surface area contributed by atoms with Crippen LogP contribution in [0.2, 0.25) is 0 Å². The number of thiazole rings is 1. The van der Waals surface area contributed by atoms with Crippen molar-refractivity contribution in [3.63, 3.8) is 0 Å². The summed E-state index contributed by atoms with van der Waals surface area (Å²) in [5.74, 6) is 0.648. The van der Waals surface area contributed by atoms with Crippen molar-refractivity contribution in [3.8, 4) is 22.8 Å². The van der Waals surface area contributed by atoms with Crippen LogP contribution >= 0.6 is 11.3 Å². The van der Waals surface area contributed by atoms with Crippen LogP contribution in [0.25, 0.3) is 11.3 Å². The van der Waals surface area contributed by atoms with E-state index in [1.165, 1.54) is 11.3 Å². The van der Waals surface area contributed by atoms with E-state index in [9.17, 15) is 9.90 Å². The number of carbonyl (C=O) groups excluding carboxylic acids is 1. The molecule has 34 heavy (non-hydrogen) atoms. The fourth-order valence-corrected chi connectivity index (χ4v) is 4.40. The van der Waals surface area contributed by atoms with E-state index in [0.717, 1.165) is 22.5 Å². The van der Waals surface area contributed by atoms with E-state index < -0.39 is 0 Å². The Balaban J connectivity index is 1.68. The lowest BCUT2D eigenvalue weighted by Crippen LogP contribution is -2.25. The minimum Gasteiger partial charge on any atom is -0.508 e. The summed E-state index contributed by atoms with van der Waals surface area (Å²) in [6.45, 7) is 2.04. The summed E-state index contributed by atoms with van der Waals surface area (Å²) in [7, 11) is 0. The van der Waals surface area contributed by atoms with Gasteiger partial charge in [0.15, 0.2) is 6.61 Å². The van der Waals surface area contributed by atoms with Crippen LogP contribution in [0.15, 0.2) is 82.5 Å². The van der Waals surface area contributed by atoms with Gasteiger partial charge >= 0.3 is 0 Å². The van der Waals surface area contributed by atoms with Crippen LogP contribution in [0, 0.1) is 0 Å². The van der Waals surface area contributed by atoms with E-state index in [-0.39, 0.29) is 18.3 Å². The lowest BCUT2D eigenvalue weighted by molar-refractivity contribution is -0.118. The third-order valence-electron chi connectivity index (χ3n) is 5.22. The highest BCUT2D eigenvalue weighted by Crippen LogP contribution is 2.33. The Hall–Kier alpha value is -4.24. The average Bonchev–Trinajstić information content (AvgIpc) is 3.25. The van der Waals surface area contributed by atoms with Crippen LogP contribution < -0.4 is 14.9 Å². The molecule has 4 aromatic rings. The SMILES string of the molecule is CCC(=Nn1c(-c2ccc3c(c2)NC(=O)CO3)csc1=Nc1cccnc1)c1ccc(O)cc1. The molecule has 0 saturated heterocycles. The Kier molecular flexibility index (Phi) is 5.92. The number of carbonyl (C=O) groups is 1. The number of nitrogens with zero attached hydrogens (tertiary/aromatic N) is 4. The summed E-state index contributed by atoms with van der Waals surface area (Å²) in [6, 6.07) is 16.3. The molecule has 2 aromatic heterocycles. The number of phenolic OH excluding ortho intramolecular Hbond substituents is 1. The molecule has 0 radical (unpaired) electrons. The molecule has 170 valence electrons. The summed E-state index contributed by atoms with van der Waals surface area (Å²) in [6.07, 6.45) is 4.07. The molecule has 0 bridgehead atoms. The largest absolute Gasteiger partial charge is 0.508 e. The Morgan fingerprint density at radius 1 is 1.24 bits per heavy atom. The Morgan fingerprint density at radius 2 is 2.09 bits per heavy atom. The second-order valence-electron chi connectivity index (χ2n) is 7.53. The number of amides is 1. The van der Waals surface area contributed by atoms with Gasteiger partial charge in [0.25, 0.3) is 5.91 Å². The highest BCUT2D eigenvalue weighted by Gasteiger charge is 2.18. The lowest BCUT2D eigenvalue weighted by atomic mass is 10.1. The smallest absolute Gasteiger partial charge is 0.262 e. The van der Waals surface area contributed by atoms with Crippen LogP contribution in [-0.2, 0) is 4.79 Å². The number of ether oxygens (including phenoxy) is 1. The maximum atomic E-state index is 11.8. The van der Waals surface area contributed by atoms with E-state index >= 15 is 0 Å². The van der Waals surface area contributed by atoms with Gasteiger partial charge in [-0.15, -0.1) is 11.3 Å². The van der Waals surface area contributed by atoms with Crippen molar-refractivity contribution in [1.82, 2.24) is 9.66 Å². The number of fused-ring (bicyclic) bond motifs is 1. The van der Waals surface area contributed by atoms with E-state index in [1.54, 1.807) is 29.2 Å². The number of phenols is 1. The van der Waals surface area contributed by atoms with Crippen LogP contribution in [0.1, 0.15) is 18.9 Å². The van der Waals surface area contributed by atoms with Crippen molar-refractivity contribution < 1.29 is 14.6 Å². The monoisotopic (exact) mass is 471 g/mol. The minimum atomic E-state index is -0.186. The topological polar surface area (TPSA) is 101 Å². The molecule has 1 aliphatic heterocycles. The number of nitrogens with one attached hydrogen (secondary N) is 1. The summed E-state index contributed by atoms with van der Waals surface area (Å²) < 4.78 is 7.30. The molecule has 0 spiro atoms. The second-order valence-corrected chi connectivity index (χ2v) is 8.37. The third kappa shape index (κ3) is 4.46. The van der Waals surface area contributed by atoms with Gasteiger partial charge in [-0.05, 0) is 66.6 Å². The first kappa shape index (κ1) is 21.6. The van der Waals surface area contributed by atoms with Crippen LogP contribution in [0.5, 0.6) is 11.5 Å². The number of benzene rings is 2. The zero-order chi connectivity index (χ0) is 23.5. The van der Waals surface area contributed by atoms with E-state index in [2.05, 4.69) is 10.3 Å². The average molecular weight is 472 g/mol. The zero-order valence-corrected chi connectivity index (χ0v) is 19.1. The van der Waals surface area contributed by atoms with Crippen molar-refractivity contribution in [3.05, 3.63) is 82.7 Å². The Morgan fingerprint density at radius 3 is 2.85 bits per heavy atom. The van der Waals surface area contributed by atoms with Gasteiger partial charge in [-0.1, -0.05) is 6.92 Å². The van der Waals surface area contributed by atoms with Crippen molar-refractivity contribution in [2.75, 3.05) is 11.9 Å². The number of pyridine rings is 1. The number of hydrogen-bond acceptors (Lipinski definition) is 7. The standard InChI is InChI=1S/C25H21N5O3S/c1-2-20(16-5-8-19(31)9-6-16)29-30-22(15-34-25(30)27-18-4-3-11-26-13-18)17-7-10-23-21(12-17)28-24(32)14-33-23/h3-13,15,31H,2,14H2,1H3,(H,28,32). The third-order valence-corrected chi connectivity index (χ3v) is 6.04. The molecule has 0 fully saturated rings. The maximum absolute atomic E-state index is 11.8. The first-order valence-electron chi connectivity index (χ1n) is 10.7. The quantitative estimate of drug-likeness (QED) is 0.417. The molecule has 3 heterocycles. The first-order chi connectivity index (χ1) is 16.6. The van der Waals surface area contributed by atoms with E-state index in [1.807, 2.05) is 54.8 Å². The molecule has 2 N–H and O–H groups in total. The fourth-order valence-electron chi connectivity index (χ4n) is 3.55. The van der Waals surface area contributed by atoms with Crippen LogP contribution in [-0.4, -0.2) is 33.0 Å². The summed E-state index contributed by atoms with van der Waals surface area (Å²) in [5, 5.41) is 19.5. The van der Waals surface area contributed by atoms with Gasteiger partial charge in [-0.3, -0.25) is 9.78 Å². The predicted octanol–water partition coefficient (Wildman–Crippen LogP) is 4.54. The van der Waals surface area contributed by atoms with Gasteiger partial charge in [0.2, 0.25) is 4.80 Å². The van der Waals surface area contributed by atoms with Gasteiger partial charge in [0, 0.05) is 17.1 Å². The molecule has 8 nitrogen and oxygen atoms in total. The minimum absolute atomic E-state index is 0.00964. The lowest BCUT2D eigenvalue weighted by Gasteiger charge is -2.18. The second kappa shape index (κ2) is 9.32. The highest BCUT2D eigenvalue weighted by atomic mass is 32.1. The maximum Gasteiger partial charge on any atom is 0.262 e. The van der Waals surface area contributed by atoms with Crippen LogP contribution in [0.3, 0.4) is 0 Å². The van der Waals surface area contributed by atoms with Crippen molar-refractivity contribution in [1.29, 1.82) is 0 Å². The van der Waals surface area contributed by atoms with Gasteiger partial charge in [-0.25, -0.2) is 9.67 Å². The fraction of sp³-hybridized carbons (Fsp3) is 0.120. The number of anilines is 1. The van der Waals surface area contributed by atoms with Gasteiger partial charge in [0.1, 0.15) is 11.5 Å². The molecule has 0 atom stereocenters. The highest BCUT2D eigenvalue weighted by molar-refractivity contribution is 7.07. The molecule has 0 aliphatic carbocycles. The van der Waals surface area contributed by atoms with E-state index in [0.29, 0.717) is 28.3 Å². The molecular formula is C25H21N5O3S. The van der Waals surface area contributed by atoms with Gasteiger partial charge < -0.3 is 15.2 Å². The zero-order valence-electron chi connectivity index (χ0n) is 18.3. The number of hydrogen-bond donors (Lipinski definition) is 2. The van der Waals surface area contributed by atoms with E-state index in [4.69, 9.17) is 14.8 Å². The molecule has 0 unspecified atom stereocenters. The molecule has 9 heteroatoms. The van der Waals surface area contributed by atoms with Crippen molar-refractivity contribution in [2.24, 2.45) is 10.1 Å². The molecule has 0 saturated carbocycles. The Bertz CT molecular complexity index is 1440. The van der Waals surface area contributed by atoms with Crippen molar-refractivity contribution >= 4 is 34.3 Å². The van der Waals surface area contributed by atoms with Gasteiger partial charge in [0.05, 0.1) is 29.0 Å². The molecule has 2 aromatic carbocycles.